The second-order valence-corrected chi connectivity index (χ2v) is 8.47. The Hall–Kier alpha value is -4.37. The number of para-hydroxylation sites is 1. The molecule has 0 bridgehead atoms. The number of amides is 1. The van der Waals surface area contributed by atoms with E-state index in [1.807, 2.05) is 44.2 Å². The Morgan fingerprint density at radius 1 is 1.08 bits per heavy atom. The van der Waals surface area contributed by atoms with Gasteiger partial charge < -0.3 is 29.6 Å². The molecule has 4 aromatic rings. The number of rotatable bonds is 9. The van der Waals surface area contributed by atoms with E-state index in [0.717, 1.165) is 22.2 Å². The van der Waals surface area contributed by atoms with Crippen molar-refractivity contribution >= 4 is 34.1 Å². The van der Waals surface area contributed by atoms with Gasteiger partial charge in [0.2, 0.25) is 11.9 Å². The van der Waals surface area contributed by atoms with E-state index in [2.05, 4.69) is 38.5 Å². The quantitative estimate of drug-likeness (QED) is 0.338. The van der Waals surface area contributed by atoms with E-state index in [9.17, 15) is 4.79 Å². The number of hydrogen-bond donors (Lipinski definition) is 2. The van der Waals surface area contributed by atoms with Crippen molar-refractivity contribution in [3.05, 3.63) is 67.0 Å². The number of aromatic nitrogens is 3. The molecule has 0 aliphatic heterocycles. The lowest BCUT2D eigenvalue weighted by atomic mass is 10.1. The number of nitrogens with zero attached hydrogens (tertiary/aromatic N) is 4. The molecule has 186 valence electrons. The lowest BCUT2D eigenvalue weighted by Gasteiger charge is -2.16. The molecule has 4 rings (SSSR count). The summed E-state index contributed by atoms with van der Waals surface area (Å²) in [7, 11) is 8.99. The van der Waals surface area contributed by atoms with Gasteiger partial charge in [0, 0.05) is 54.6 Å². The standard InChI is InChI=1S/C27H30N6O3/c1-32(2)14-8-11-26(34)29-21-15-22(25(36-5)16-24(21)35-4)31-27-28-13-12-20(30-27)19-17-33(3)23-10-7-6-9-18(19)23/h6-13,15-17H,14H2,1-5H3,(H,29,34)(H,28,30,31)/b11-8+. The minimum absolute atomic E-state index is 0.263. The maximum atomic E-state index is 12.4. The Bertz CT molecular complexity index is 1410. The fourth-order valence-corrected chi connectivity index (χ4v) is 3.87. The molecule has 2 N–H and O–H groups in total. The lowest BCUT2D eigenvalue weighted by molar-refractivity contribution is -0.111. The molecule has 0 radical (unpaired) electrons. The molecular weight excluding hydrogens is 456 g/mol. The summed E-state index contributed by atoms with van der Waals surface area (Å²) in [5.74, 6) is 1.12. The van der Waals surface area contributed by atoms with Crippen molar-refractivity contribution in [3.8, 4) is 22.8 Å². The Morgan fingerprint density at radius 2 is 1.83 bits per heavy atom. The van der Waals surface area contributed by atoms with Crippen molar-refractivity contribution in [1.29, 1.82) is 0 Å². The monoisotopic (exact) mass is 486 g/mol. The zero-order valence-electron chi connectivity index (χ0n) is 21.1. The van der Waals surface area contributed by atoms with Crippen LogP contribution in [0.4, 0.5) is 17.3 Å². The highest BCUT2D eigenvalue weighted by atomic mass is 16.5. The molecule has 0 aliphatic carbocycles. The van der Waals surface area contributed by atoms with E-state index in [0.29, 0.717) is 35.4 Å². The maximum absolute atomic E-state index is 12.4. The topological polar surface area (TPSA) is 93.5 Å². The third-order valence-electron chi connectivity index (χ3n) is 5.59. The average Bonchev–Trinajstić information content (AvgIpc) is 3.21. The van der Waals surface area contributed by atoms with E-state index in [4.69, 9.17) is 14.5 Å². The first-order valence-corrected chi connectivity index (χ1v) is 11.4. The Balaban J connectivity index is 1.64. The van der Waals surface area contributed by atoms with Crippen LogP contribution in [-0.4, -0.2) is 60.2 Å². The van der Waals surface area contributed by atoms with E-state index < -0.39 is 0 Å². The molecule has 2 aromatic carbocycles. The van der Waals surface area contributed by atoms with Gasteiger partial charge in [-0.05, 0) is 32.3 Å². The number of nitrogens with one attached hydrogen (secondary N) is 2. The molecule has 0 saturated carbocycles. The first-order chi connectivity index (χ1) is 17.4. The Kier molecular flexibility index (Phi) is 7.50. The van der Waals surface area contributed by atoms with Gasteiger partial charge in [0.15, 0.2) is 0 Å². The van der Waals surface area contributed by atoms with E-state index in [1.54, 1.807) is 31.5 Å². The number of likely N-dealkylation sites (N-methyl/N-ethyl adjacent to an activating group) is 1. The minimum Gasteiger partial charge on any atom is -0.494 e. The van der Waals surface area contributed by atoms with Gasteiger partial charge in [-0.3, -0.25) is 4.79 Å². The van der Waals surface area contributed by atoms with Crippen molar-refractivity contribution in [1.82, 2.24) is 19.4 Å². The summed E-state index contributed by atoms with van der Waals surface area (Å²) < 4.78 is 13.1. The summed E-state index contributed by atoms with van der Waals surface area (Å²) in [6, 6.07) is 13.5. The molecule has 9 heteroatoms. The predicted molar refractivity (Wildman–Crippen MR) is 143 cm³/mol. The van der Waals surface area contributed by atoms with Crippen LogP contribution in [0.15, 0.2) is 67.0 Å². The van der Waals surface area contributed by atoms with Gasteiger partial charge in [-0.1, -0.05) is 24.3 Å². The van der Waals surface area contributed by atoms with Gasteiger partial charge in [-0.2, -0.15) is 0 Å². The zero-order valence-corrected chi connectivity index (χ0v) is 21.1. The number of aryl methyl sites for hydroxylation is 1. The summed E-state index contributed by atoms with van der Waals surface area (Å²) in [6.45, 7) is 0.657. The molecule has 0 atom stereocenters. The van der Waals surface area contributed by atoms with Crippen LogP contribution >= 0.6 is 0 Å². The van der Waals surface area contributed by atoms with Crippen molar-refractivity contribution in [2.75, 3.05) is 45.5 Å². The molecule has 9 nitrogen and oxygen atoms in total. The fourth-order valence-electron chi connectivity index (χ4n) is 3.87. The molecule has 0 aliphatic rings. The van der Waals surface area contributed by atoms with Gasteiger partial charge in [0.05, 0.1) is 31.3 Å². The second kappa shape index (κ2) is 10.9. The predicted octanol–water partition coefficient (Wildman–Crippen LogP) is 4.45. The molecular formula is C27H30N6O3. The van der Waals surface area contributed by atoms with Gasteiger partial charge in [-0.15, -0.1) is 0 Å². The summed E-state index contributed by atoms with van der Waals surface area (Å²) in [4.78, 5) is 23.5. The Morgan fingerprint density at radius 3 is 2.58 bits per heavy atom. The average molecular weight is 487 g/mol. The largest absolute Gasteiger partial charge is 0.494 e. The van der Waals surface area contributed by atoms with Gasteiger partial charge >= 0.3 is 0 Å². The number of ether oxygens (including phenoxy) is 2. The number of carbonyl (C=O) groups is 1. The van der Waals surface area contributed by atoms with E-state index >= 15 is 0 Å². The number of fused-ring (bicyclic) bond motifs is 1. The third kappa shape index (κ3) is 5.47. The lowest BCUT2D eigenvalue weighted by Crippen LogP contribution is -2.13. The normalized spacial score (nSPS) is 11.3. The molecule has 0 fully saturated rings. The zero-order chi connectivity index (χ0) is 25.7. The van der Waals surface area contributed by atoms with E-state index in [1.165, 1.54) is 13.2 Å². The SMILES string of the molecule is COc1cc(OC)c(Nc2nccc(-c3cn(C)c4ccccc34)n2)cc1NC(=O)/C=C/CN(C)C. The van der Waals surface area contributed by atoms with Crippen LogP contribution in [0.5, 0.6) is 11.5 Å². The smallest absolute Gasteiger partial charge is 0.248 e. The number of methoxy groups -OCH3 is 2. The highest BCUT2D eigenvalue weighted by Gasteiger charge is 2.15. The van der Waals surface area contributed by atoms with Crippen LogP contribution in [0.2, 0.25) is 0 Å². The highest BCUT2D eigenvalue weighted by molar-refractivity contribution is 6.01. The summed E-state index contributed by atoms with van der Waals surface area (Å²) in [6.07, 6.45) is 7.05. The second-order valence-electron chi connectivity index (χ2n) is 8.47. The molecule has 0 saturated heterocycles. The van der Waals surface area contributed by atoms with Crippen LogP contribution in [0.1, 0.15) is 0 Å². The Labute approximate surface area is 210 Å². The molecule has 0 unspecified atom stereocenters. The summed E-state index contributed by atoms with van der Waals surface area (Å²) in [5, 5.41) is 7.20. The highest BCUT2D eigenvalue weighted by Crippen LogP contribution is 2.38. The first kappa shape index (κ1) is 24.7. The molecule has 36 heavy (non-hydrogen) atoms. The van der Waals surface area contributed by atoms with Crippen molar-refractivity contribution in [3.63, 3.8) is 0 Å². The van der Waals surface area contributed by atoms with Gasteiger partial charge in [-0.25, -0.2) is 9.97 Å². The van der Waals surface area contributed by atoms with Crippen LogP contribution in [0, 0.1) is 0 Å². The summed E-state index contributed by atoms with van der Waals surface area (Å²) in [5.41, 5.74) is 4.00. The minimum atomic E-state index is -0.263. The van der Waals surface area contributed by atoms with Gasteiger partial charge in [0.1, 0.15) is 11.5 Å². The van der Waals surface area contributed by atoms with E-state index in [-0.39, 0.29) is 5.91 Å². The number of benzene rings is 2. The summed E-state index contributed by atoms with van der Waals surface area (Å²) >= 11 is 0. The van der Waals surface area contributed by atoms with Crippen LogP contribution in [0.25, 0.3) is 22.2 Å². The number of anilines is 3. The van der Waals surface area contributed by atoms with Crippen LogP contribution in [-0.2, 0) is 11.8 Å². The fraction of sp³-hybridized carbons (Fsp3) is 0.222. The number of carbonyl (C=O) groups excluding carboxylic acids is 1. The van der Waals surface area contributed by atoms with Crippen molar-refractivity contribution < 1.29 is 14.3 Å². The molecule has 1 amide bonds. The maximum Gasteiger partial charge on any atom is 0.248 e. The first-order valence-electron chi connectivity index (χ1n) is 11.4. The van der Waals surface area contributed by atoms with Crippen LogP contribution < -0.4 is 20.1 Å². The van der Waals surface area contributed by atoms with Crippen molar-refractivity contribution in [2.24, 2.45) is 7.05 Å². The van der Waals surface area contributed by atoms with Crippen molar-refractivity contribution in [2.45, 2.75) is 0 Å². The molecule has 2 aromatic heterocycles. The number of hydrogen-bond acceptors (Lipinski definition) is 7. The van der Waals surface area contributed by atoms with Crippen LogP contribution in [0.3, 0.4) is 0 Å². The third-order valence-corrected chi connectivity index (χ3v) is 5.59. The molecule has 2 heterocycles. The van der Waals surface area contributed by atoms with Gasteiger partial charge in [0.25, 0.3) is 0 Å². The molecule has 0 spiro atoms.